The van der Waals surface area contributed by atoms with Gasteiger partial charge < -0.3 is 32.8 Å². The Kier molecular flexibility index (Phi) is 9.73. The number of halogens is 1. The fourth-order valence-corrected chi connectivity index (χ4v) is 8.76. The van der Waals surface area contributed by atoms with Crippen LogP contribution in [0.2, 0.25) is 4.34 Å². The van der Waals surface area contributed by atoms with Crippen molar-refractivity contribution in [3.63, 3.8) is 0 Å². The Morgan fingerprint density at radius 1 is 1.26 bits per heavy atom. The number of carbonyl (C=O) groups excluding carboxylic acids is 2. The molecule has 2 atom stereocenters. The van der Waals surface area contributed by atoms with Gasteiger partial charge in [-0.15, -0.1) is 23.5 Å². The minimum absolute atomic E-state index is 0.0369. The zero-order chi connectivity index (χ0) is 28.3. The van der Waals surface area contributed by atoms with Crippen LogP contribution in [-0.4, -0.2) is 88.2 Å². The topological polar surface area (TPSA) is 236 Å². The Labute approximate surface area is 247 Å². The van der Waals surface area contributed by atoms with Gasteiger partial charge in [-0.2, -0.15) is 0 Å². The summed E-state index contributed by atoms with van der Waals surface area (Å²) in [5, 5.41) is 25.6. The van der Waals surface area contributed by atoms with Crippen molar-refractivity contribution in [3.05, 3.63) is 26.7 Å². The Morgan fingerprint density at radius 3 is 2.67 bits per heavy atom. The molecule has 0 radical (unpaired) electrons. The molecule has 2 aromatic rings. The first kappa shape index (κ1) is 29.6. The van der Waals surface area contributed by atoms with E-state index in [2.05, 4.69) is 25.4 Å². The number of oxime groups is 1. The first-order valence-electron chi connectivity index (χ1n) is 10.7. The minimum Gasteiger partial charge on any atom is -0.477 e. The summed E-state index contributed by atoms with van der Waals surface area (Å²) in [6.45, 7) is 0.469. The van der Waals surface area contributed by atoms with Crippen LogP contribution in [0.4, 0.5) is 10.9 Å². The highest BCUT2D eigenvalue weighted by Gasteiger charge is 2.54. The molecule has 0 saturated carbocycles. The van der Waals surface area contributed by atoms with Gasteiger partial charge in [-0.25, -0.2) is 19.7 Å². The lowest BCUT2D eigenvalue weighted by atomic mass is 10.0. The molecule has 0 aromatic carbocycles. The predicted octanol–water partition coefficient (Wildman–Crippen LogP) is 1.16. The molecule has 4 heterocycles. The minimum atomic E-state index is -1.26. The van der Waals surface area contributed by atoms with Crippen LogP contribution in [0, 0.1) is 0 Å². The zero-order valence-corrected chi connectivity index (χ0v) is 24.4. The van der Waals surface area contributed by atoms with Crippen molar-refractivity contribution in [2.75, 3.05) is 34.6 Å². The molecule has 208 valence electrons. The third kappa shape index (κ3) is 6.50. The number of aliphatic carboxylic acids is 1. The second-order valence-corrected chi connectivity index (χ2v) is 13.7. The van der Waals surface area contributed by atoms with Crippen molar-refractivity contribution >= 4 is 104 Å². The van der Waals surface area contributed by atoms with E-state index in [0.29, 0.717) is 44.0 Å². The van der Waals surface area contributed by atoms with Crippen LogP contribution < -0.4 is 22.5 Å². The summed E-state index contributed by atoms with van der Waals surface area (Å²) in [7, 11) is 0. The van der Waals surface area contributed by atoms with Crippen molar-refractivity contribution in [1.82, 2.24) is 25.2 Å². The molecular formula is C19H20ClN9O5S5. The molecule has 1 fully saturated rings. The van der Waals surface area contributed by atoms with Crippen LogP contribution >= 0.6 is 70.0 Å². The first-order valence-corrected chi connectivity index (χ1v) is 15.9. The molecule has 2 unspecified atom stereocenters. The van der Waals surface area contributed by atoms with E-state index >= 15 is 0 Å². The van der Waals surface area contributed by atoms with Crippen LogP contribution in [0.25, 0.3) is 0 Å². The Balaban J connectivity index is 1.42. The standard InChI is InChI=1S/C19H20ClN9O5S5/c20-13-9(27-18(23)39-13)10(28-34)14(30)26-11-15(31)29-12(17(32)33)6(4-36-16(11)29)37-5-38-8-3-7(22)24-19(25-8)35-2-1-21/h3,11,16,34H,1-2,4-5,21H2,(H2,23,27)(H,26,30)(H,32,33)(H2,22,24,25). The molecule has 2 aromatic heterocycles. The van der Waals surface area contributed by atoms with Crippen LogP contribution in [0.5, 0.6) is 0 Å². The number of nitrogens with zero attached hydrogens (tertiary/aromatic N) is 5. The lowest BCUT2D eigenvalue weighted by Crippen LogP contribution is -2.71. The Morgan fingerprint density at radius 2 is 2.03 bits per heavy atom. The summed E-state index contributed by atoms with van der Waals surface area (Å²) in [6.07, 6.45) is 0. The average Bonchev–Trinajstić information content (AvgIpc) is 3.22. The highest BCUT2D eigenvalue weighted by Crippen LogP contribution is 2.44. The summed E-state index contributed by atoms with van der Waals surface area (Å²) in [6, 6.07) is 0.580. The molecule has 4 rings (SSSR count). The van der Waals surface area contributed by atoms with Gasteiger partial charge in [0.1, 0.15) is 38.0 Å². The lowest BCUT2D eigenvalue weighted by molar-refractivity contribution is -0.150. The molecule has 0 bridgehead atoms. The maximum Gasteiger partial charge on any atom is 0.353 e. The smallest absolute Gasteiger partial charge is 0.353 e. The Bertz CT molecular complexity index is 1370. The highest BCUT2D eigenvalue weighted by atomic mass is 35.5. The van der Waals surface area contributed by atoms with Crippen LogP contribution in [-0.2, 0) is 14.4 Å². The number of β-lactam (4-membered cyclic amide) rings is 1. The van der Waals surface area contributed by atoms with Gasteiger partial charge in [-0.05, 0) is 0 Å². The van der Waals surface area contributed by atoms with Gasteiger partial charge >= 0.3 is 5.97 Å². The third-order valence-electron chi connectivity index (χ3n) is 5.06. The molecule has 1 saturated heterocycles. The predicted molar refractivity (Wildman–Crippen MR) is 154 cm³/mol. The molecule has 39 heavy (non-hydrogen) atoms. The number of carboxylic acid groups (broad SMARTS) is 1. The van der Waals surface area contributed by atoms with Crippen molar-refractivity contribution in [3.8, 4) is 0 Å². The molecule has 2 aliphatic rings. The summed E-state index contributed by atoms with van der Waals surface area (Å²) in [4.78, 5) is 51.9. The zero-order valence-electron chi connectivity index (χ0n) is 19.6. The van der Waals surface area contributed by atoms with E-state index in [1.165, 1.54) is 47.0 Å². The molecule has 20 heteroatoms. The van der Waals surface area contributed by atoms with E-state index in [4.69, 9.17) is 28.8 Å². The third-order valence-corrected chi connectivity index (χ3v) is 10.6. The number of nitrogen functional groups attached to an aromatic ring is 2. The van der Waals surface area contributed by atoms with Crippen LogP contribution in [0.1, 0.15) is 5.69 Å². The van der Waals surface area contributed by atoms with Crippen molar-refractivity contribution < 1.29 is 24.7 Å². The fourth-order valence-electron chi connectivity index (χ4n) is 3.44. The number of carbonyl (C=O) groups is 3. The number of thioether (sulfide) groups is 4. The van der Waals surface area contributed by atoms with E-state index in [-0.39, 0.29) is 20.9 Å². The molecule has 14 nitrogen and oxygen atoms in total. The van der Waals surface area contributed by atoms with Crippen molar-refractivity contribution in [2.45, 2.75) is 21.6 Å². The first-order chi connectivity index (χ1) is 18.6. The lowest BCUT2D eigenvalue weighted by Gasteiger charge is -2.49. The van der Waals surface area contributed by atoms with Gasteiger partial charge in [-0.3, -0.25) is 14.5 Å². The number of carboxylic acids is 1. The summed E-state index contributed by atoms with van der Waals surface area (Å²) < 4.78 is 0.0369. The maximum absolute atomic E-state index is 12.9. The van der Waals surface area contributed by atoms with Crippen LogP contribution in [0.15, 0.2) is 32.0 Å². The maximum atomic E-state index is 12.9. The largest absolute Gasteiger partial charge is 0.477 e. The SMILES string of the molecule is NCCSc1nc(N)cc(SCSC2=C(C(=O)O)N3C(=O)C(NC(=O)C(=NO)c4nc(N)sc4Cl)C3SC2)n1. The number of fused-ring (bicyclic) bond motifs is 1. The van der Waals surface area contributed by atoms with Crippen molar-refractivity contribution in [1.29, 1.82) is 0 Å². The van der Waals surface area contributed by atoms with E-state index in [1.807, 2.05) is 0 Å². The number of aromatic nitrogens is 3. The summed E-state index contributed by atoms with van der Waals surface area (Å²) in [5.41, 5.74) is 16.2. The molecule has 0 spiro atoms. The van der Waals surface area contributed by atoms with Gasteiger partial charge in [0.25, 0.3) is 11.8 Å². The quantitative estimate of drug-likeness (QED) is 0.0293. The molecular weight excluding hydrogens is 630 g/mol. The monoisotopic (exact) mass is 649 g/mol. The van der Waals surface area contributed by atoms with Crippen LogP contribution in [0.3, 0.4) is 0 Å². The number of amides is 2. The van der Waals surface area contributed by atoms with Gasteiger partial charge in [0.2, 0.25) is 0 Å². The number of hydrogen-bond donors (Lipinski definition) is 6. The van der Waals surface area contributed by atoms with E-state index in [9.17, 15) is 24.7 Å². The van der Waals surface area contributed by atoms with Gasteiger partial charge in [0, 0.05) is 34.1 Å². The number of hydrogen-bond acceptors (Lipinski definition) is 16. The highest BCUT2D eigenvalue weighted by molar-refractivity contribution is 8.18. The van der Waals surface area contributed by atoms with Gasteiger partial charge in [0.05, 0.1) is 0 Å². The molecule has 9 N–H and O–H groups in total. The van der Waals surface area contributed by atoms with E-state index in [0.717, 1.165) is 16.2 Å². The summed E-state index contributed by atoms with van der Waals surface area (Å²) in [5.74, 6) is -1.54. The fraction of sp³-hybridized carbons (Fsp3) is 0.316. The summed E-state index contributed by atoms with van der Waals surface area (Å²) >= 11 is 12.2. The van der Waals surface area contributed by atoms with Gasteiger partial charge in [0.15, 0.2) is 16.0 Å². The number of nitrogens with two attached hydrogens (primary N) is 3. The normalized spacial score (nSPS) is 19.1. The molecule has 0 aliphatic carbocycles. The van der Waals surface area contributed by atoms with Crippen molar-refractivity contribution in [2.24, 2.45) is 10.9 Å². The average molecular weight is 650 g/mol. The number of thiazole rings is 1. The molecule has 2 amide bonds. The van der Waals surface area contributed by atoms with E-state index < -0.39 is 34.9 Å². The number of anilines is 2. The number of nitrogens with one attached hydrogen (secondary N) is 1. The van der Waals surface area contributed by atoms with Gasteiger partial charge in [-0.1, -0.05) is 51.6 Å². The Hall–Kier alpha value is -2.42. The number of rotatable bonds is 11. The second kappa shape index (κ2) is 12.8. The van der Waals surface area contributed by atoms with E-state index in [1.54, 1.807) is 6.07 Å². The second-order valence-electron chi connectivity index (χ2n) is 7.52. The molecule has 2 aliphatic heterocycles.